The minimum atomic E-state index is -0.462. The number of carbonyl (C=O) groups is 1. The van der Waals surface area contributed by atoms with Crippen molar-refractivity contribution in [3.63, 3.8) is 0 Å². The van der Waals surface area contributed by atoms with E-state index in [0.717, 1.165) is 5.56 Å². The van der Waals surface area contributed by atoms with Crippen molar-refractivity contribution in [1.82, 2.24) is 9.97 Å². The van der Waals surface area contributed by atoms with E-state index in [0.29, 0.717) is 15.7 Å². The molecule has 2 aromatic rings. The molecule has 0 radical (unpaired) electrons. The number of nitrogens with zero attached hydrogens (tertiary/aromatic N) is 2. The van der Waals surface area contributed by atoms with E-state index in [1.165, 1.54) is 12.4 Å². The third-order valence-corrected chi connectivity index (χ3v) is 3.23. The van der Waals surface area contributed by atoms with Gasteiger partial charge in [0.1, 0.15) is 5.69 Å². The highest BCUT2D eigenvalue weighted by atomic mass is 35.5. The molecule has 0 unspecified atom stereocenters. The van der Waals surface area contributed by atoms with Crippen molar-refractivity contribution in [3.05, 3.63) is 45.8 Å². The van der Waals surface area contributed by atoms with Crippen LogP contribution in [0.15, 0.2) is 24.5 Å². The van der Waals surface area contributed by atoms with E-state index in [1.807, 2.05) is 6.92 Å². The van der Waals surface area contributed by atoms with Crippen LogP contribution in [0.5, 0.6) is 0 Å². The second-order valence-corrected chi connectivity index (χ2v) is 4.78. The maximum atomic E-state index is 12.0. The number of hydrogen-bond acceptors (Lipinski definition) is 5. The van der Waals surface area contributed by atoms with Gasteiger partial charge in [0.25, 0.3) is 5.91 Å². The Morgan fingerprint density at radius 1 is 1.25 bits per heavy atom. The lowest BCUT2D eigenvalue weighted by atomic mass is 10.2. The summed E-state index contributed by atoms with van der Waals surface area (Å²) in [7, 11) is 0. The smallest absolute Gasteiger partial charge is 0.275 e. The van der Waals surface area contributed by atoms with Gasteiger partial charge in [-0.2, -0.15) is 0 Å². The van der Waals surface area contributed by atoms with Gasteiger partial charge in [-0.05, 0) is 24.6 Å². The van der Waals surface area contributed by atoms with Gasteiger partial charge in [-0.15, -0.1) is 0 Å². The number of hydrogen-bond donors (Lipinski definition) is 3. The Morgan fingerprint density at radius 2 is 2.00 bits per heavy atom. The molecule has 0 atom stereocenters. The molecule has 6 nitrogen and oxygen atoms in total. The minimum absolute atomic E-state index is 0.105. The molecule has 0 spiro atoms. The number of anilines is 2. The van der Waals surface area contributed by atoms with Gasteiger partial charge in [-0.3, -0.25) is 9.78 Å². The Bertz CT molecular complexity index is 662. The van der Waals surface area contributed by atoms with Gasteiger partial charge in [-0.25, -0.2) is 10.8 Å². The molecule has 4 N–H and O–H groups in total. The minimum Gasteiger partial charge on any atom is -0.319 e. The van der Waals surface area contributed by atoms with Gasteiger partial charge in [0.2, 0.25) is 0 Å². The van der Waals surface area contributed by atoms with E-state index in [1.54, 1.807) is 12.1 Å². The number of benzene rings is 1. The summed E-state index contributed by atoms with van der Waals surface area (Å²) in [5, 5.41) is 3.52. The molecule has 8 heteroatoms. The van der Waals surface area contributed by atoms with Crippen molar-refractivity contribution in [2.75, 3.05) is 10.7 Å². The molecule has 0 aliphatic rings. The highest BCUT2D eigenvalue weighted by Gasteiger charge is 2.12. The summed E-state index contributed by atoms with van der Waals surface area (Å²) in [4.78, 5) is 19.9. The van der Waals surface area contributed by atoms with Crippen molar-refractivity contribution in [3.8, 4) is 0 Å². The Hall–Kier alpha value is -1.89. The van der Waals surface area contributed by atoms with Crippen LogP contribution >= 0.6 is 23.2 Å². The van der Waals surface area contributed by atoms with Gasteiger partial charge in [0.05, 0.1) is 23.1 Å². The highest BCUT2D eigenvalue weighted by molar-refractivity contribution is 6.36. The molecule has 0 aliphatic heterocycles. The lowest BCUT2D eigenvalue weighted by Crippen LogP contribution is -2.17. The van der Waals surface area contributed by atoms with Gasteiger partial charge in [-0.1, -0.05) is 23.2 Å². The van der Waals surface area contributed by atoms with Crippen molar-refractivity contribution in [2.24, 2.45) is 5.84 Å². The zero-order valence-electron chi connectivity index (χ0n) is 10.4. The van der Waals surface area contributed by atoms with E-state index in [2.05, 4.69) is 20.7 Å². The third-order valence-electron chi connectivity index (χ3n) is 2.51. The summed E-state index contributed by atoms with van der Waals surface area (Å²) in [6.45, 7) is 1.82. The van der Waals surface area contributed by atoms with E-state index < -0.39 is 5.91 Å². The van der Waals surface area contributed by atoms with Crippen molar-refractivity contribution < 1.29 is 4.79 Å². The van der Waals surface area contributed by atoms with E-state index in [-0.39, 0.29) is 11.5 Å². The SMILES string of the molecule is Cc1cc(Cl)c(NC(=O)c2cncc(NN)n2)cc1Cl. The number of carbonyl (C=O) groups excluding carboxylic acids is 1. The number of rotatable bonds is 3. The Balaban J connectivity index is 2.25. The molecule has 1 aromatic carbocycles. The monoisotopic (exact) mass is 311 g/mol. The molecule has 0 saturated carbocycles. The normalized spacial score (nSPS) is 10.2. The van der Waals surface area contributed by atoms with Crippen LogP contribution in [0.1, 0.15) is 16.1 Å². The van der Waals surface area contributed by atoms with Crippen molar-refractivity contribution in [2.45, 2.75) is 6.92 Å². The number of aryl methyl sites for hydroxylation is 1. The summed E-state index contributed by atoms with van der Waals surface area (Å²) in [5.74, 6) is 5.03. The van der Waals surface area contributed by atoms with Crippen molar-refractivity contribution >= 4 is 40.6 Å². The quantitative estimate of drug-likeness (QED) is 0.598. The standard InChI is InChI=1S/C12H11Cl2N5O/c1-6-2-8(14)9(3-7(6)13)18-12(20)10-4-16-5-11(17-10)19-15/h2-5H,15H2,1H3,(H,17,19)(H,18,20). The fraction of sp³-hybridized carbons (Fsp3) is 0.0833. The third kappa shape index (κ3) is 3.16. The van der Waals surface area contributed by atoms with Crippen LogP contribution in [0.3, 0.4) is 0 Å². The van der Waals surface area contributed by atoms with Gasteiger partial charge >= 0.3 is 0 Å². The number of nitrogen functional groups attached to an aromatic ring is 1. The number of hydrazine groups is 1. The lowest BCUT2D eigenvalue weighted by Gasteiger charge is -2.09. The Kier molecular flexibility index (Phi) is 4.39. The van der Waals surface area contributed by atoms with Crippen LogP contribution in [-0.2, 0) is 0 Å². The molecule has 104 valence electrons. The first kappa shape index (κ1) is 14.5. The first-order chi connectivity index (χ1) is 9.51. The van der Waals surface area contributed by atoms with E-state index in [4.69, 9.17) is 29.0 Å². The zero-order valence-corrected chi connectivity index (χ0v) is 12.0. The second kappa shape index (κ2) is 6.04. The first-order valence-electron chi connectivity index (χ1n) is 5.57. The molecule has 20 heavy (non-hydrogen) atoms. The summed E-state index contributed by atoms with van der Waals surface area (Å²) in [6, 6.07) is 3.25. The molecule has 0 aliphatic carbocycles. The number of halogens is 2. The van der Waals surface area contributed by atoms with Crippen LogP contribution in [0.25, 0.3) is 0 Å². The van der Waals surface area contributed by atoms with Crippen LogP contribution < -0.4 is 16.6 Å². The molecule has 1 amide bonds. The highest BCUT2D eigenvalue weighted by Crippen LogP contribution is 2.29. The van der Waals surface area contributed by atoms with Gasteiger partial charge in [0, 0.05) is 5.02 Å². The molecule has 0 bridgehead atoms. The van der Waals surface area contributed by atoms with Crippen LogP contribution in [0, 0.1) is 6.92 Å². The maximum Gasteiger partial charge on any atom is 0.275 e. The average molecular weight is 312 g/mol. The summed E-state index contributed by atoms with van der Waals surface area (Å²) in [6.07, 6.45) is 2.71. The predicted molar refractivity (Wildman–Crippen MR) is 79.0 cm³/mol. The van der Waals surface area contributed by atoms with Crippen LogP contribution in [0.4, 0.5) is 11.5 Å². The summed E-state index contributed by atoms with van der Waals surface area (Å²) >= 11 is 12.0. The molecular weight excluding hydrogens is 301 g/mol. The van der Waals surface area contributed by atoms with Crippen LogP contribution in [0.2, 0.25) is 10.0 Å². The maximum absolute atomic E-state index is 12.0. The summed E-state index contributed by atoms with van der Waals surface area (Å²) < 4.78 is 0. The van der Waals surface area contributed by atoms with E-state index >= 15 is 0 Å². The fourth-order valence-corrected chi connectivity index (χ4v) is 1.90. The number of amides is 1. The summed E-state index contributed by atoms with van der Waals surface area (Å²) in [5.41, 5.74) is 3.64. The largest absolute Gasteiger partial charge is 0.319 e. The Labute approximate surface area is 125 Å². The number of aromatic nitrogens is 2. The molecule has 1 aromatic heterocycles. The van der Waals surface area contributed by atoms with Gasteiger partial charge in [0.15, 0.2) is 5.82 Å². The molecule has 1 heterocycles. The fourth-order valence-electron chi connectivity index (χ4n) is 1.47. The molecule has 2 rings (SSSR count). The topological polar surface area (TPSA) is 92.9 Å². The Morgan fingerprint density at radius 3 is 2.70 bits per heavy atom. The number of nitrogens with one attached hydrogen (secondary N) is 2. The molecule has 0 fully saturated rings. The van der Waals surface area contributed by atoms with Crippen molar-refractivity contribution in [1.29, 1.82) is 0 Å². The first-order valence-corrected chi connectivity index (χ1v) is 6.32. The zero-order chi connectivity index (χ0) is 14.7. The predicted octanol–water partition coefficient (Wildman–Crippen LogP) is 2.63. The molecule has 0 saturated heterocycles. The van der Waals surface area contributed by atoms with Crippen LogP contribution in [-0.4, -0.2) is 15.9 Å². The average Bonchev–Trinajstić information content (AvgIpc) is 2.44. The number of nitrogens with two attached hydrogens (primary N) is 1. The van der Waals surface area contributed by atoms with E-state index in [9.17, 15) is 4.79 Å². The second-order valence-electron chi connectivity index (χ2n) is 3.97. The van der Waals surface area contributed by atoms with Gasteiger partial charge < -0.3 is 10.7 Å². The molecular formula is C12H11Cl2N5O. The lowest BCUT2D eigenvalue weighted by molar-refractivity contribution is 0.102.